The van der Waals surface area contributed by atoms with Crippen LogP contribution in [-0.4, -0.2) is 17.7 Å². The Morgan fingerprint density at radius 2 is 2.20 bits per heavy atom. The number of likely N-dealkylation sites (N-methyl/N-ethyl adjacent to an activating group) is 1. The van der Waals surface area contributed by atoms with Gasteiger partial charge in [-0.15, -0.1) is 0 Å². The fourth-order valence-electron chi connectivity index (χ4n) is 2.58. The van der Waals surface area contributed by atoms with E-state index in [1.165, 1.54) is 11.1 Å². The van der Waals surface area contributed by atoms with Gasteiger partial charge in [-0.3, -0.25) is 0 Å². The number of nitrogens with one attached hydrogen (secondary N) is 1. The Kier molecular flexibility index (Phi) is 2.47. The normalized spacial score (nSPS) is 22.7. The molecule has 1 aromatic carbocycles. The second kappa shape index (κ2) is 3.53. The lowest BCUT2D eigenvalue weighted by atomic mass is 9.83. The van der Waals surface area contributed by atoms with Gasteiger partial charge in [0.1, 0.15) is 5.75 Å². The van der Waals surface area contributed by atoms with E-state index in [-0.39, 0.29) is 5.41 Å². The lowest BCUT2D eigenvalue weighted by molar-refractivity contribution is 0.373. The van der Waals surface area contributed by atoms with E-state index in [4.69, 9.17) is 0 Å². The number of hydrogen-bond acceptors (Lipinski definition) is 2. The molecule has 0 saturated heterocycles. The standard InChI is InChI=1S/C13H19NO/c1-4-14-12-7-9-5-6-10(15)8-11(9)13(12,2)3/h5-6,8,12,14-15H,4,7H2,1-3H3. The molecule has 2 rings (SSSR count). The molecule has 1 aliphatic carbocycles. The van der Waals surface area contributed by atoms with Gasteiger partial charge in [0.2, 0.25) is 0 Å². The highest BCUT2D eigenvalue weighted by atomic mass is 16.3. The van der Waals surface area contributed by atoms with E-state index in [9.17, 15) is 5.11 Å². The van der Waals surface area contributed by atoms with Gasteiger partial charge in [0, 0.05) is 11.5 Å². The predicted molar refractivity (Wildman–Crippen MR) is 62.3 cm³/mol. The van der Waals surface area contributed by atoms with Crippen LogP contribution < -0.4 is 5.32 Å². The predicted octanol–water partition coefficient (Wildman–Crippen LogP) is 2.20. The number of benzene rings is 1. The number of rotatable bonds is 2. The quantitative estimate of drug-likeness (QED) is 0.776. The van der Waals surface area contributed by atoms with Crippen LogP contribution in [0.2, 0.25) is 0 Å². The summed E-state index contributed by atoms with van der Waals surface area (Å²) in [4.78, 5) is 0. The van der Waals surface area contributed by atoms with Crippen molar-refractivity contribution in [1.29, 1.82) is 0 Å². The van der Waals surface area contributed by atoms with Gasteiger partial charge in [0.25, 0.3) is 0 Å². The SMILES string of the molecule is CCNC1Cc2ccc(O)cc2C1(C)C. The number of hydrogen-bond donors (Lipinski definition) is 2. The number of phenolic OH excluding ortho intramolecular Hbond substituents is 1. The van der Waals surface area contributed by atoms with Crippen molar-refractivity contribution >= 4 is 0 Å². The van der Waals surface area contributed by atoms with E-state index >= 15 is 0 Å². The van der Waals surface area contributed by atoms with Crippen molar-refractivity contribution in [2.24, 2.45) is 0 Å². The zero-order valence-corrected chi connectivity index (χ0v) is 9.67. The molecule has 0 aliphatic heterocycles. The summed E-state index contributed by atoms with van der Waals surface area (Å²) in [5, 5.41) is 13.0. The highest BCUT2D eigenvalue weighted by Gasteiger charge is 2.38. The molecular formula is C13H19NO. The highest BCUT2D eigenvalue weighted by molar-refractivity contribution is 5.45. The van der Waals surface area contributed by atoms with Gasteiger partial charge in [-0.25, -0.2) is 0 Å². The fraction of sp³-hybridized carbons (Fsp3) is 0.538. The first-order valence-electron chi connectivity index (χ1n) is 5.61. The average Bonchev–Trinajstić information content (AvgIpc) is 2.41. The van der Waals surface area contributed by atoms with Gasteiger partial charge in [0.05, 0.1) is 0 Å². The molecule has 15 heavy (non-hydrogen) atoms. The van der Waals surface area contributed by atoms with Crippen molar-refractivity contribution in [1.82, 2.24) is 5.32 Å². The van der Waals surface area contributed by atoms with E-state index in [2.05, 4.69) is 26.1 Å². The minimum Gasteiger partial charge on any atom is -0.508 e. The van der Waals surface area contributed by atoms with Crippen molar-refractivity contribution in [3.05, 3.63) is 29.3 Å². The molecule has 2 heteroatoms. The fourth-order valence-corrected chi connectivity index (χ4v) is 2.58. The zero-order valence-electron chi connectivity index (χ0n) is 9.67. The lowest BCUT2D eigenvalue weighted by Crippen LogP contribution is -2.41. The van der Waals surface area contributed by atoms with E-state index in [0.29, 0.717) is 11.8 Å². The zero-order chi connectivity index (χ0) is 11.1. The van der Waals surface area contributed by atoms with Crippen molar-refractivity contribution < 1.29 is 5.11 Å². The van der Waals surface area contributed by atoms with Gasteiger partial charge in [-0.2, -0.15) is 0 Å². The van der Waals surface area contributed by atoms with Crippen molar-refractivity contribution in [3.63, 3.8) is 0 Å². The Bertz CT molecular complexity index is 371. The molecule has 0 bridgehead atoms. The molecule has 0 saturated carbocycles. The van der Waals surface area contributed by atoms with Gasteiger partial charge in [0.15, 0.2) is 0 Å². The first-order valence-corrected chi connectivity index (χ1v) is 5.61. The van der Waals surface area contributed by atoms with Gasteiger partial charge < -0.3 is 10.4 Å². The number of fused-ring (bicyclic) bond motifs is 1. The van der Waals surface area contributed by atoms with Crippen LogP contribution in [0.15, 0.2) is 18.2 Å². The van der Waals surface area contributed by atoms with Crippen LogP contribution in [0.3, 0.4) is 0 Å². The third kappa shape index (κ3) is 1.63. The summed E-state index contributed by atoms with van der Waals surface area (Å²) in [6.07, 6.45) is 1.07. The molecule has 82 valence electrons. The molecule has 1 aliphatic rings. The van der Waals surface area contributed by atoms with E-state index < -0.39 is 0 Å². The van der Waals surface area contributed by atoms with Crippen molar-refractivity contribution in [3.8, 4) is 5.75 Å². The Morgan fingerprint density at radius 1 is 1.47 bits per heavy atom. The van der Waals surface area contributed by atoms with E-state index in [1.54, 1.807) is 6.07 Å². The van der Waals surface area contributed by atoms with E-state index in [1.807, 2.05) is 12.1 Å². The van der Waals surface area contributed by atoms with Crippen LogP contribution in [0.1, 0.15) is 31.9 Å². The molecule has 0 aromatic heterocycles. The monoisotopic (exact) mass is 205 g/mol. The van der Waals surface area contributed by atoms with Crippen LogP contribution in [0.25, 0.3) is 0 Å². The summed E-state index contributed by atoms with van der Waals surface area (Å²) in [6, 6.07) is 6.22. The molecule has 1 aromatic rings. The highest BCUT2D eigenvalue weighted by Crippen LogP contribution is 2.39. The maximum atomic E-state index is 9.52. The molecule has 0 heterocycles. The molecule has 1 unspecified atom stereocenters. The maximum absolute atomic E-state index is 9.52. The van der Waals surface area contributed by atoms with Crippen LogP contribution in [-0.2, 0) is 11.8 Å². The summed E-state index contributed by atoms with van der Waals surface area (Å²) in [5.41, 5.74) is 2.77. The van der Waals surface area contributed by atoms with Crippen molar-refractivity contribution in [2.45, 2.75) is 38.6 Å². The largest absolute Gasteiger partial charge is 0.508 e. The number of aromatic hydroxyl groups is 1. The Morgan fingerprint density at radius 3 is 2.87 bits per heavy atom. The van der Waals surface area contributed by atoms with Gasteiger partial charge >= 0.3 is 0 Å². The third-order valence-corrected chi connectivity index (χ3v) is 3.53. The van der Waals surface area contributed by atoms with E-state index in [0.717, 1.165) is 13.0 Å². The summed E-state index contributed by atoms with van der Waals surface area (Å²) in [5.74, 6) is 0.374. The third-order valence-electron chi connectivity index (χ3n) is 3.53. The van der Waals surface area contributed by atoms with Crippen LogP contribution in [0.5, 0.6) is 5.75 Å². The Labute approximate surface area is 91.3 Å². The molecule has 0 fully saturated rings. The molecular weight excluding hydrogens is 186 g/mol. The van der Waals surface area contributed by atoms with Crippen LogP contribution >= 0.6 is 0 Å². The summed E-state index contributed by atoms with van der Waals surface area (Å²) in [7, 11) is 0. The molecule has 0 spiro atoms. The molecule has 2 N–H and O–H groups in total. The topological polar surface area (TPSA) is 32.3 Å². The molecule has 0 amide bonds. The first kappa shape index (κ1) is 10.5. The Hall–Kier alpha value is -1.02. The lowest BCUT2D eigenvalue weighted by Gasteiger charge is -2.28. The van der Waals surface area contributed by atoms with Crippen molar-refractivity contribution in [2.75, 3.05) is 6.54 Å². The second-order valence-corrected chi connectivity index (χ2v) is 4.88. The number of phenols is 1. The smallest absolute Gasteiger partial charge is 0.115 e. The maximum Gasteiger partial charge on any atom is 0.115 e. The summed E-state index contributed by atoms with van der Waals surface area (Å²) >= 11 is 0. The summed E-state index contributed by atoms with van der Waals surface area (Å²) < 4.78 is 0. The van der Waals surface area contributed by atoms with Gasteiger partial charge in [-0.1, -0.05) is 26.8 Å². The summed E-state index contributed by atoms with van der Waals surface area (Å²) in [6.45, 7) is 7.61. The Balaban J connectivity index is 2.39. The van der Waals surface area contributed by atoms with Crippen LogP contribution in [0.4, 0.5) is 0 Å². The molecule has 0 radical (unpaired) electrons. The second-order valence-electron chi connectivity index (χ2n) is 4.88. The minimum absolute atomic E-state index is 0.115. The molecule has 1 atom stereocenters. The first-order chi connectivity index (χ1) is 7.05. The minimum atomic E-state index is 0.115. The average molecular weight is 205 g/mol. The van der Waals surface area contributed by atoms with Crippen LogP contribution in [0, 0.1) is 0 Å². The van der Waals surface area contributed by atoms with Gasteiger partial charge in [-0.05, 0) is 36.2 Å². The molecule has 2 nitrogen and oxygen atoms in total.